The number of aliphatic hydroxyl groups is 1. The quantitative estimate of drug-likeness (QED) is 0.760. The van der Waals surface area contributed by atoms with E-state index >= 15 is 0 Å². The molecule has 0 fully saturated rings. The number of nitrogens with one attached hydrogen (secondary N) is 1. The summed E-state index contributed by atoms with van der Waals surface area (Å²) in [5.74, 6) is -1.38. The lowest BCUT2D eigenvalue weighted by Crippen LogP contribution is -2.33. The van der Waals surface area contributed by atoms with Gasteiger partial charge in [-0.1, -0.05) is 12.1 Å². The number of hydrogen-bond acceptors (Lipinski definition) is 4. The Kier molecular flexibility index (Phi) is 3.38. The Balaban J connectivity index is 2.45. The molecule has 2 rings (SSSR count). The fraction of sp³-hybridized carbons (Fsp3) is 0.167. The third kappa shape index (κ3) is 2.23. The molecule has 0 saturated carbocycles. The van der Waals surface area contributed by atoms with Crippen molar-refractivity contribution in [1.29, 1.82) is 0 Å². The van der Waals surface area contributed by atoms with E-state index < -0.39 is 24.4 Å². The highest BCUT2D eigenvalue weighted by atomic mass is 19.1. The topological polar surface area (TPSA) is 82.5 Å². The molecule has 0 aliphatic carbocycles. The van der Waals surface area contributed by atoms with Gasteiger partial charge in [0.1, 0.15) is 17.7 Å². The van der Waals surface area contributed by atoms with Crippen LogP contribution in [-0.4, -0.2) is 33.8 Å². The molecule has 1 atom stereocenters. The van der Waals surface area contributed by atoms with Crippen molar-refractivity contribution in [2.45, 2.75) is 6.04 Å². The van der Waals surface area contributed by atoms with Crippen molar-refractivity contribution in [3.63, 3.8) is 0 Å². The van der Waals surface area contributed by atoms with Crippen LogP contribution in [0.1, 0.15) is 0 Å². The van der Waals surface area contributed by atoms with Crippen LogP contribution in [0.3, 0.4) is 0 Å². The molecular formula is C12H11FN2O3. The Labute approximate surface area is 102 Å². The summed E-state index contributed by atoms with van der Waals surface area (Å²) in [6.07, 6.45) is 1.38. The van der Waals surface area contributed by atoms with Gasteiger partial charge in [-0.05, 0) is 12.1 Å². The Morgan fingerprint density at radius 3 is 2.83 bits per heavy atom. The van der Waals surface area contributed by atoms with E-state index in [1.807, 2.05) is 0 Å². The molecule has 0 spiro atoms. The summed E-state index contributed by atoms with van der Waals surface area (Å²) in [4.78, 5) is 14.8. The zero-order chi connectivity index (χ0) is 13.1. The van der Waals surface area contributed by atoms with Gasteiger partial charge in [-0.15, -0.1) is 0 Å². The molecule has 1 aromatic heterocycles. The van der Waals surface area contributed by atoms with Crippen molar-refractivity contribution in [1.82, 2.24) is 4.98 Å². The summed E-state index contributed by atoms with van der Waals surface area (Å²) in [6.45, 7) is -0.581. The predicted molar refractivity (Wildman–Crippen MR) is 63.8 cm³/mol. The molecule has 1 unspecified atom stereocenters. The Bertz CT molecular complexity index is 589. The molecule has 0 bridgehead atoms. The fourth-order valence-electron chi connectivity index (χ4n) is 1.63. The van der Waals surface area contributed by atoms with E-state index in [4.69, 9.17) is 10.2 Å². The number of hydrogen-bond donors (Lipinski definition) is 3. The van der Waals surface area contributed by atoms with Crippen LogP contribution in [0, 0.1) is 5.82 Å². The summed E-state index contributed by atoms with van der Waals surface area (Å²) >= 11 is 0. The lowest BCUT2D eigenvalue weighted by Gasteiger charge is -2.14. The summed E-state index contributed by atoms with van der Waals surface area (Å²) < 4.78 is 13.5. The second-order valence-corrected chi connectivity index (χ2v) is 3.71. The first-order valence-corrected chi connectivity index (χ1v) is 5.27. The number of aromatic nitrogens is 1. The number of anilines is 1. The largest absolute Gasteiger partial charge is 0.480 e. The number of carboxylic acid groups (broad SMARTS) is 1. The first-order valence-electron chi connectivity index (χ1n) is 5.27. The fourth-order valence-corrected chi connectivity index (χ4v) is 1.63. The number of benzene rings is 1. The average Bonchev–Trinajstić information content (AvgIpc) is 2.36. The number of fused-ring (bicyclic) bond motifs is 1. The first-order chi connectivity index (χ1) is 8.63. The second-order valence-electron chi connectivity index (χ2n) is 3.71. The van der Waals surface area contributed by atoms with Crippen LogP contribution in [0.4, 0.5) is 10.2 Å². The van der Waals surface area contributed by atoms with Crippen molar-refractivity contribution in [3.8, 4) is 0 Å². The molecule has 0 amide bonds. The summed E-state index contributed by atoms with van der Waals surface area (Å²) in [5, 5.41) is 21.2. The molecule has 0 aliphatic heterocycles. The third-order valence-corrected chi connectivity index (χ3v) is 2.54. The van der Waals surface area contributed by atoms with Crippen molar-refractivity contribution in [3.05, 3.63) is 36.3 Å². The van der Waals surface area contributed by atoms with E-state index in [1.54, 1.807) is 6.07 Å². The van der Waals surface area contributed by atoms with Gasteiger partial charge >= 0.3 is 5.97 Å². The van der Waals surface area contributed by atoms with Crippen molar-refractivity contribution in [2.24, 2.45) is 0 Å². The van der Waals surface area contributed by atoms with Gasteiger partial charge in [0.15, 0.2) is 0 Å². The zero-order valence-corrected chi connectivity index (χ0v) is 9.30. The smallest absolute Gasteiger partial charge is 0.328 e. The molecule has 18 heavy (non-hydrogen) atoms. The summed E-state index contributed by atoms with van der Waals surface area (Å²) in [6, 6.07) is 4.78. The zero-order valence-electron chi connectivity index (χ0n) is 9.30. The average molecular weight is 250 g/mol. The Morgan fingerprint density at radius 1 is 1.39 bits per heavy atom. The standard InChI is InChI=1S/C12H11FN2O3/c13-9-3-1-2-8-7(9)4-5-14-11(8)15-10(6-16)12(17)18/h1-5,10,16H,6H2,(H,14,15)(H,17,18). The predicted octanol–water partition coefficient (Wildman–Crippen LogP) is 1.23. The van der Waals surface area contributed by atoms with Crippen LogP contribution in [0.2, 0.25) is 0 Å². The van der Waals surface area contributed by atoms with Crippen molar-refractivity contribution < 1.29 is 19.4 Å². The van der Waals surface area contributed by atoms with Gasteiger partial charge in [-0.3, -0.25) is 0 Å². The lowest BCUT2D eigenvalue weighted by atomic mass is 10.1. The van der Waals surface area contributed by atoms with E-state index in [1.165, 1.54) is 24.4 Å². The van der Waals surface area contributed by atoms with Gasteiger partial charge in [0, 0.05) is 17.0 Å². The van der Waals surface area contributed by atoms with Crippen molar-refractivity contribution in [2.75, 3.05) is 11.9 Å². The minimum Gasteiger partial charge on any atom is -0.480 e. The highest BCUT2D eigenvalue weighted by molar-refractivity contribution is 5.93. The van der Waals surface area contributed by atoms with E-state index in [0.29, 0.717) is 10.8 Å². The molecule has 1 heterocycles. The van der Waals surface area contributed by atoms with Crippen LogP contribution in [0.5, 0.6) is 0 Å². The molecule has 94 valence electrons. The van der Waals surface area contributed by atoms with Gasteiger partial charge in [-0.25, -0.2) is 14.2 Å². The van der Waals surface area contributed by atoms with E-state index in [2.05, 4.69) is 10.3 Å². The molecule has 0 radical (unpaired) electrons. The monoisotopic (exact) mass is 250 g/mol. The molecule has 3 N–H and O–H groups in total. The maximum absolute atomic E-state index is 13.5. The SMILES string of the molecule is O=C(O)C(CO)Nc1nccc2c(F)cccc12. The maximum Gasteiger partial charge on any atom is 0.328 e. The third-order valence-electron chi connectivity index (χ3n) is 2.54. The lowest BCUT2D eigenvalue weighted by molar-refractivity contribution is -0.138. The first kappa shape index (κ1) is 12.3. The van der Waals surface area contributed by atoms with E-state index in [0.717, 1.165) is 0 Å². The van der Waals surface area contributed by atoms with Crippen LogP contribution in [0.15, 0.2) is 30.5 Å². The van der Waals surface area contributed by atoms with Gasteiger partial charge in [0.2, 0.25) is 0 Å². The highest BCUT2D eigenvalue weighted by Crippen LogP contribution is 2.23. The van der Waals surface area contributed by atoms with E-state index in [-0.39, 0.29) is 5.82 Å². The van der Waals surface area contributed by atoms with Gasteiger partial charge in [-0.2, -0.15) is 0 Å². The second kappa shape index (κ2) is 4.97. The number of halogens is 1. The minimum atomic E-state index is -1.20. The maximum atomic E-state index is 13.5. The summed E-state index contributed by atoms with van der Waals surface area (Å²) in [7, 11) is 0. The number of nitrogens with zero attached hydrogens (tertiary/aromatic N) is 1. The summed E-state index contributed by atoms with van der Waals surface area (Å²) in [5.41, 5.74) is 0. The molecule has 0 saturated heterocycles. The molecule has 1 aromatic carbocycles. The van der Waals surface area contributed by atoms with Crippen LogP contribution in [-0.2, 0) is 4.79 Å². The van der Waals surface area contributed by atoms with Crippen LogP contribution < -0.4 is 5.32 Å². The Morgan fingerprint density at radius 2 is 2.17 bits per heavy atom. The normalized spacial score (nSPS) is 12.3. The Hall–Kier alpha value is -2.21. The molecule has 5 nitrogen and oxygen atoms in total. The van der Waals surface area contributed by atoms with Crippen LogP contribution >= 0.6 is 0 Å². The van der Waals surface area contributed by atoms with E-state index in [9.17, 15) is 9.18 Å². The number of aliphatic hydroxyl groups excluding tert-OH is 1. The minimum absolute atomic E-state index is 0.230. The number of aliphatic carboxylic acids is 1. The number of rotatable bonds is 4. The molecule has 6 heteroatoms. The number of pyridine rings is 1. The molecular weight excluding hydrogens is 239 g/mol. The van der Waals surface area contributed by atoms with Gasteiger partial charge < -0.3 is 15.5 Å². The highest BCUT2D eigenvalue weighted by Gasteiger charge is 2.17. The number of carboxylic acids is 1. The van der Waals surface area contributed by atoms with Gasteiger partial charge in [0.05, 0.1) is 6.61 Å². The number of carbonyl (C=O) groups is 1. The molecule has 2 aromatic rings. The van der Waals surface area contributed by atoms with Crippen LogP contribution in [0.25, 0.3) is 10.8 Å². The molecule has 0 aliphatic rings. The van der Waals surface area contributed by atoms with Crippen molar-refractivity contribution >= 4 is 22.6 Å². The van der Waals surface area contributed by atoms with Gasteiger partial charge in [0.25, 0.3) is 0 Å².